The number of carbonyl (C=O) groups is 1. The molecule has 2 aromatic rings. The molecule has 3 heteroatoms. The monoisotopic (exact) mass is 215 g/mol. The Hall–Kier alpha value is -1.77. The van der Waals surface area contributed by atoms with Gasteiger partial charge < -0.3 is 9.73 Å². The maximum Gasteiger partial charge on any atom is 0.220 e. The van der Waals surface area contributed by atoms with Gasteiger partial charge in [0.2, 0.25) is 5.91 Å². The van der Waals surface area contributed by atoms with E-state index < -0.39 is 0 Å². The molecule has 16 heavy (non-hydrogen) atoms. The molecule has 1 saturated heterocycles. The van der Waals surface area contributed by atoms with Gasteiger partial charge in [-0.25, -0.2) is 0 Å². The molecule has 0 unspecified atom stereocenters. The summed E-state index contributed by atoms with van der Waals surface area (Å²) >= 11 is 0. The number of para-hydroxylation sites is 1. The van der Waals surface area contributed by atoms with Gasteiger partial charge in [-0.3, -0.25) is 4.79 Å². The average Bonchev–Trinajstić information content (AvgIpc) is 2.84. The summed E-state index contributed by atoms with van der Waals surface area (Å²) < 4.78 is 5.84. The fraction of sp³-hybridized carbons (Fsp3) is 0.308. The van der Waals surface area contributed by atoms with Gasteiger partial charge in [0.05, 0.1) is 0 Å². The van der Waals surface area contributed by atoms with E-state index in [0.717, 1.165) is 22.3 Å². The normalized spacial score (nSPS) is 20.3. The number of hydrogen-bond donors (Lipinski definition) is 1. The Bertz CT molecular complexity index is 556. The van der Waals surface area contributed by atoms with Crippen LogP contribution >= 0.6 is 0 Å². The molecule has 3 nitrogen and oxygen atoms in total. The van der Waals surface area contributed by atoms with Crippen molar-refractivity contribution >= 4 is 16.9 Å². The molecule has 1 aromatic heterocycles. The Balaban J connectivity index is 2.05. The van der Waals surface area contributed by atoms with Crippen LogP contribution in [-0.4, -0.2) is 12.5 Å². The number of benzene rings is 1. The van der Waals surface area contributed by atoms with Gasteiger partial charge in [-0.2, -0.15) is 0 Å². The Morgan fingerprint density at radius 3 is 3.00 bits per heavy atom. The number of hydrogen-bond acceptors (Lipinski definition) is 2. The first-order valence-electron chi connectivity index (χ1n) is 5.50. The molecule has 1 atom stereocenters. The number of rotatable bonds is 1. The second-order valence-electron chi connectivity index (χ2n) is 4.35. The van der Waals surface area contributed by atoms with Crippen molar-refractivity contribution in [1.29, 1.82) is 0 Å². The minimum atomic E-state index is 0.113. The summed E-state index contributed by atoms with van der Waals surface area (Å²) in [7, 11) is 0. The highest BCUT2D eigenvalue weighted by atomic mass is 16.3. The summed E-state index contributed by atoms with van der Waals surface area (Å²) in [4.78, 5) is 11.2. The molecule has 0 bridgehead atoms. The zero-order valence-corrected chi connectivity index (χ0v) is 9.12. The van der Waals surface area contributed by atoms with Crippen LogP contribution in [0.5, 0.6) is 0 Å². The van der Waals surface area contributed by atoms with E-state index in [1.165, 1.54) is 0 Å². The summed E-state index contributed by atoms with van der Waals surface area (Å²) in [6.07, 6.45) is 0.541. The van der Waals surface area contributed by atoms with E-state index in [4.69, 9.17) is 4.42 Å². The molecule has 1 N–H and O–H groups in total. The Kier molecular flexibility index (Phi) is 1.99. The highest BCUT2D eigenvalue weighted by Crippen LogP contribution is 2.30. The molecule has 1 aliphatic rings. The molecule has 82 valence electrons. The number of aryl methyl sites for hydroxylation is 1. The summed E-state index contributed by atoms with van der Waals surface area (Å²) in [6.45, 7) is 2.73. The Morgan fingerprint density at radius 1 is 1.44 bits per heavy atom. The summed E-state index contributed by atoms with van der Waals surface area (Å²) in [5.41, 5.74) is 2.08. The quantitative estimate of drug-likeness (QED) is 0.793. The standard InChI is InChI=1S/C13H13NO2/c1-8-3-2-4-9-5-11(16-13(8)9)10-6-12(15)14-7-10/h2-5,10H,6-7H2,1H3,(H,14,15)/t10-/m1/s1. The topological polar surface area (TPSA) is 42.2 Å². The smallest absolute Gasteiger partial charge is 0.220 e. The van der Waals surface area contributed by atoms with Gasteiger partial charge in [0.25, 0.3) is 0 Å². The zero-order chi connectivity index (χ0) is 11.1. The predicted molar refractivity (Wildman–Crippen MR) is 61.3 cm³/mol. The van der Waals surface area contributed by atoms with Gasteiger partial charge in [0, 0.05) is 24.3 Å². The lowest BCUT2D eigenvalue weighted by Crippen LogP contribution is -2.13. The Labute approximate surface area is 93.4 Å². The lowest BCUT2D eigenvalue weighted by atomic mass is 10.1. The van der Waals surface area contributed by atoms with E-state index in [1.807, 2.05) is 31.2 Å². The van der Waals surface area contributed by atoms with Crippen LogP contribution in [0.25, 0.3) is 11.0 Å². The first-order chi connectivity index (χ1) is 7.74. The number of nitrogens with one attached hydrogen (secondary N) is 1. The SMILES string of the molecule is Cc1cccc2cc([C@H]3CNC(=O)C3)oc12. The highest BCUT2D eigenvalue weighted by molar-refractivity contribution is 5.82. The van der Waals surface area contributed by atoms with Gasteiger partial charge in [0.1, 0.15) is 11.3 Å². The van der Waals surface area contributed by atoms with Crippen LogP contribution < -0.4 is 5.32 Å². The fourth-order valence-corrected chi connectivity index (χ4v) is 2.24. The third-order valence-electron chi connectivity index (χ3n) is 3.14. The first-order valence-corrected chi connectivity index (χ1v) is 5.50. The van der Waals surface area contributed by atoms with E-state index in [9.17, 15) is 4.79 Å². The molecule has 1 fully saturated rings. The van der Waals surface area contributed by atoms with Crippen LogP contribution in [-0.2, 0) is 4.79 Å². The molecule has 0 aliphatic carbocycles. The highest BCUT2D eigenvalue weighted by Gasteiger charge is 2.26. The maximum atomic E-state index is 11.2. The summed E-state index contributed by atoms with van der Waals surface area (Å²) in [6, 6.07) is 8.15. The second-order valence-corrected chi connectivity index (χ2v) is 4.35. The van der Waals surface area contributed by atoms with E-state index >= 15 is 0 Å². The Morgan fingerprint density at radius 2 is 2.31 bits per heavy atom. The molecule has 1 amide bonds. The van der Waals surface area contributed by atoms with Crippen molar-refractivity contribution in [3.8, 4) is 0 Å². The zero-order valence-electron chi connectivity index (χ0n) is 9.12. The number of furan rings is 1. The largest absolute Gasteiger partial charge is 0.460 e. The van der Waals surface area contributed by atoms with Crippen LogP contribution in [0, 0.1) is 6.92 Å². The van der Waals surface area contributed by atoms with Crippen LogP contribution in [0.3, 0.4) is 0 Å². The van der Waals surface area contributed by atoms with Crippen molar-refractivity contribution in [3.05, 3.63) is 35.6 Å². The summed E-state index contributed by atoms with van der Waals surface area (Å²) in [5.74, 6) is 1.23. The lowest BCUT2D eigenvalue weighted by Gasteiger charge is -2.00. The molecule has 0 spiro atoms. The fourth-order valence-electron chi connectivity index (χ4n) is 2.24. The molecule has 0 saturated carbocycles. The van der Waals surface area contributed by atoms with E-state index in [0.29, 0.717) is 13.0 Å². The van der Waals surface area contributed by atoms with Crippen molar-refractivity contribution in [2.75, 3.05) is 6.54 Å². The van der Waals surface area contributed by atoms with Crippen LogP contribution in [0.4, 0.5) is 0 Å². The lowest BCUT2D eigenvalue weighted by molar-refractivity contribution is -0.119. The van der Waals surface area contributed by atoms with Gasteiger partial charge in [-0.05, 0) is 18.6 Å². The molecule has 1 aliphatic heterocycles. The van der Waals surface area contributed by atoms with E-state index in [2.05, 4.69) is 5.32 Å². The molecular weight excluding hydrogens is 202 g/mol. The third-order valence-corrected chi connectivity index (χ3v) is 3.14. The second kappa shape index (κ2) is 3.37. The van der Waals surface area contributed by atoms with Crippen molar-refractivity contribution in [3.63, 3.8) is 0 Å². The molecule has 1 aromatic carbocycles. The summed E-state index contributed by atoms with van der Waals surface area (Å²) in [5, 5.41) is 3.95. The molecule has 0 radical (unpaired) electrons. The van der Waals surface area contributed by atoms with Crippen molar-refractivity contribution in [2.45, 2.75) is 19.3 Å². The van der Waals surface area contributed by atoms with Crippen molar-refractivity contribution in [1.82, 2.24) is 5.32 Å². The van der Waals surface area contributed by atoms with Crippen LogP contribution in [0.15, 0.2) is 28.7 Å². The number of amides is 1. The average molecular weight is 215 g/mol. The van der Waals surface area contributed by atoms with Gasteiger partial charge >= 0.3 is 0 Å². The minimum absolute atomic E-state index is 0.113. The van der Waals surface area contributed by atoms with Crippen molar-refractivity contribution in [2.24, 2.45) is 0 Å². The van der Waals surface area contributed by atoms with E-state index in [1.54, 1.807) is 0 Å². The number of carbonyl (C=O) groups excluding carboxylic acids is 1. The minimum Gasteiger partial charge on any atom is -0.460 e. The maximum absolute atomic E-state index is 11.2. The van der Waals surface area contributed by atoms with Gasteiger partial charge in [0.15, 0.2) is 0 Å². The van der Waals surface area contributed by atoms with Crippen molar-refractivity contribution < 1.29 is 9.21 Å². The van der Waals surface area contributed by atoms with Crippen LogP contribution in [0.2, 0.25) is 0 Å². The third kappa shape index (κ3) is 1.40. The van der Waals surface area contributed by atoms with Crippen LogP contribution in [0.1, 0.15) is 23.7 Å². The predicted octanol–water partition coefficient (Wildman–Crippen LogP) is 2.34. The van der Waals surface area contributed by atoms with Gasteiger partial charge in [-0.15, -0.1) is 0 Å². The molecule has 2 heterocycles. The molecule has 3 rings (SSSR count). The number of fused-ring (bicyclic) bond motifs is 1. The van der Waals surface area contributed by atoms with E-state index in [-0.39, 0.29) is 11.8 Å². The first kappa shape index (κ1) is 9.46. The van der Waals surface area contributed by atoms with Gasteiger partial charge in [-0.1, -0.05) is 18.2 Å². The molecular formula is C13H13NO2.